The number of carbonyl (C=O) groups excluding carboxylic acids is 3. The van der Waals surface area contributed by atoms with Crippen molar-refractivity contribution in [3.63, 3.8) is 0 Å². The van der Waals surface area contributed by atoms with Crippen LogP contribution in [-0.4, -0.2) is 37.2 Å². The summed E-state index contributed by atoms with van der Waals surface area (Å²) in [7, 11) is 0. The predicted octanol–water partition coefficient (Wildman–Crippen LogP) is 24.8. The number of rotatable bonds is 65. The molecule has 0 amide bonds. The van der Waals surface area contributed by atoms with Gasteiger partial charge in [0.25, 0.3) is 0 Å². The first-order chi connectivity index (χ1) is 41.0. The van der Waals surface area contributed by atoms with E-state index in [0.717, 1.165) is 135 Å². The molecule has 0 radical (unpaired) electrons. The maximum absolute atomic E-state index is 13.0. The smallest absolute Gasteiger partial charge is 0.306 e. The van der Waals surface area contributed by atoms with Gasteiger partial charge in [0, 0.05) is 19.3 Å². The summed E-state index contributed by atoms with van der Waals surface area (Å²) in [4.78, 5) is 38.5. The van der Waals surface area contributed by atoms with Crippen molar-refractivity contribution in [2.24, 2.45) is 0 Å². The van der Waals surface area contributed by atoms with Crippen LogP contribution in [0.1, 0.15) is 355 Å². The minimum atomic E-state index is -0.793. The molecule has 0 saturated heterocycles. The number of unbranched alkanes of at least 4 members (excludes halogenated alkanes) is 38. The van der Waals surface area contributed by atoms with Crippen LogP contribution in [-0.2, 0) is 28.6 Å². The molecule has 0 fully saturated rings. The van der Waals surface area contributed by atoms with E-state index in [9.17, 15) is 14.4 Å². The second-order valence-electron chi connectivity index (χ2n) is 23.8. The Kier molecular flexibility index (Phi) is 67.7. The SMILES string of the molecule is CC/C=C\C/C=C\C/C=C\C/C=C\C/C=C\C/C=C\CCCCCCCCC(=O)OC(COC(=O)CCCCCCC/C=C\C/C=C\CCCC)COC(=O)CCCCCCCCCCCCCCCCCCCCCCCCCCCC. The second kappa shape index (κ2) is 70.8. The van der Waals surface area contributed by atoms with E-state index in [2.05, 4.69) is 118 Å². The van der Waals surface area contributed by atoms with Crippen molar-refractivity contribution >= 4 is 17.9 Å². The van der Waals surface area contributed by atoms with Crippen LogP contribution in [0.25, 0.3) is 0 Å². The first-order valence-corrected chi connectivity index (χ1v) is 35.7. The normalized spacial score (nSPS) is 12.7. The summed E-state index contributed by atoms with van der Waals surface area (Å²) in [5.41, 5.74) is 0. The molecular formula is C77H134O6. The highest BCUT2D eigenvalue weighted by Gasteiger charge is 2.19. The first-order valence-electron chi connectivity index (χ1n) is 35.7. The second-order valence-corrected chi connectivity index (χ2v) is 23.8. The summed E-state index contributed by atoms with van der Waals surface area (Å²) in [6, 6.07) is 0. The molecule has 0 aliphatic heterocycles. The zero-order chi connectivity index (χ0) is 59.9. The average Bonchev–Trinajstić information content (AvgIpc) is 3.49. The van der Waals surface area contributed by atoms with E-state index < -0.39 is 6.10 Å². The monoisotopic (exact) mass is 1160 g/mol. The molecule has 0 N–H and O–H groups in total. The van der Waals surface area contributed by atoms with Crippen LogP contribution >= 0.6 is 0 Å². The quantitative estimate of drug-likeness (QED) is 0.0261. The molecule has 0 saturated carbocycles. The highest BCUT2D eigenvalue weighted by Crippen LogP contribution is 2.18. The summed E-state index contributed by atoms with van der Waals surface area (Å²) in [5, 5.41) is 0. The van der Waals surface area contributed by atoms with Gasteiger partial charge in [0.05, 0.1) is 0 Å². The Morgan fingerprint density at radius 2 is 0.482 bits per heavy atom. The molecule has 0 aromatic carbocycles. The van der Waals surface area contributed by atoms with E-state index in [1.807, 2.05) is 0 Å². The number of hydrogen-bond donors (Lipinski definition) is 0. The topological polar surface area (TPSA) is 78.9 Å². The third-order valence-corrected chi connectivity index (χ3v) is 15.6. The minimum Gasteiger partial charge on any atom is -0.462 e. The number of ether oxygens (including phenoxy) is 3. The number of hydrogen-bond acceptors (Lipinski definition) is 6. The predicted molar refractivity (Wildman–Crippen MR) is 362 cm³/mol. The summed E-state index contributed by atoms with van der Waals surface area (Å²) < 4.78 is 17.0. The molecular weight excluding hydrogens is 1020 g/mol. The average molecular weight is 1160 g/mol. The molecule has 0 bridgehead atoms. The highest BCUT2D eigenvalue weighted by molar-refractivity contribution is 5.71. The van der Waals surface area contributed by atoms with E-state index in [4.69, 9.17) is 14.2 Å². The van der Waals surface area contributed by atoms with E-state index in [1.165, 1.54) is 180 Å². The van der Waals surface area contributed by atoms with Gasteiger partial charge >= 0.3 is 17.9 Å². The van der Waals surface area contributed by atoms with Crippen LogP contribution in [0.4, 0.5) is 0 Å². The largest absolute Gasteiger partial charge is 0.462 e. The standard InChI is InChI=1S/C77H134O6/c1-4-7-10-13-16-19-22-25-28-30-32-34-36-38-40-41-43-45-47-49-52-55-58-61-64-67-70-76(79)82-73-74(72-81-75(78)69-66-63-60-57-54-51-27-24-21-18-15-12-9-6-3)83-77(80)71-68-65-62-59-56-53-50-48-46-44-42-39-37-35-33-31-29-26-23-20-17-14-11-8-5-2/h8,11,15,17-18,20,24,26-27,29,33,35,39,42,46,48,74H,4-7,9-10,12-14,16,19,21-23,25,28,30-32,34,36-38,40-41,43-45,47,49-73H2,1-3H3/b11-8-,18-15-,20-17-,27-24-,29-26-,35-33-,42-39-,48-46-. The molecule has 0 aromatic rings. The molecule has 0 rings (SSSR count). The van der Waals surface area contributed by atoms with Gasteiger partial charge < -0.3 is 14.2 Å². The number of esters is 3. The Balaban J connectivity index is 4.32. The van der Waals surface area contributed by atoms with Crippen molar-refractivity contribution in [1.29, 1.82) is 0 Å². The Morgan fingerprint density at radius 3 is 0.771 bits per heavy atom. The van der Waals surface area contributed by atoms with Crippen molar-refractivity contribution in [1.82, 2.24) is 0 Å². The van der Waals surface area contributed by atoms with E-state index in [-0.39, 0.29) is 31.1 Å². The van der Waals surface area contributed by atoms with Crippen LogP contribution < -0.4 is 0 Å². The summed E-state index contributed by atoms with van der Waals surface area (Å²) in [5.74, 6) is -0.899. The Bertz CT molecular complexity index is 1610. The fourth-order valence-corrected chi connectivity index (χ4v) is 10.2. The molecule has 0 spiro atoms. The Hall–Kier alpha value is -3.67. The number of allylic oxidation sites excluding steroid dienone is 16. The van der Waals surface area contributed by atoms with Gasteiger partial charge in [0.1, 0.15) is 13.2 Å². The van der Waals surface area contributed by atoms with Crippen LogP contribution in [0, 0.1) is 0 Å². The number of carbonyl (C=O) groups is 3. The summed E-state index contributed by atoms with van der Waals surface area (Å²) >= 11 is 0. The Morgan fingerprint density at radius 1 is 0.253 bits per heavy atom. The van der Waals surface area contributed by atoms with Gasteiger partial charge in [-0.2, -0.15) is 0 Å². The lowest BCUT2D eigenvalue weighted by Gasteiger charge is -2.18. The zero-order valence-corrected chi connectivity index (χ0v) is 54.9. The van der Waals surface area contributed by atoms with E-state index in [1.54, 1.807) is 0 Å². The van der Waals surface area contributed by atoms with Crippen LogP contribution in [0.3, 0.4) is 0 Å². The van der Waals surface area contributed by atoms with Crippen LogP contribution in [0.2, 0.25) is 0 Å². The van der Waals surface area contributed by atoms with Crippen molar-refractivity contribution in [3.05, 3.63) is 97.2 Å². The van der Waals surface area contributed by atoms with Crippen LogP contribution in [0.15, 0.2) is 97.2 Å². The van der Waals surface area contributed by atoms with Gasteiger partial charge in [-0.05, 0) is 96.3 Å². The zero-order valence-electron chi connectivity index (χ0n) is 54.9. The minimum absolute atomic E-state index is 0.0856. The lowest BCUT2D eigenvalue weighted by atomic mass is 10.0. The van der Waals surface area contributed by atoms with Crippen LogP contribution in [0.5, 0.6) is 0 Å². The fraction of sp³-hybridized carbons (Fsp3) is 0.753. The Labute approximate surface area is 515 Å². The molecule has 1 unspecified atom stereocenters. The molecule has 0 aromatic heterocycles. The van der Waals surface area contributed by atoms with Gasteiger partial charge in [-0.25, -0.2) is 0 Å². The molecule has 0 heterocycles. The van der Waals surface area contributed by atoms with Crippen molar-refractivity contribution in [2.75, 3.05) is 13.2 Å². The van der Waals surface area contributed by atoms with Gasteiger partial charge in [0.15, 0.2) is 6.10 Å². The first kappa shape index (κ1) is 79.3. The maximum Gasteiger partial charge on any atom is 0.306 e. The van der Waals surface area contributed by atoms with Crippen molar-refractivity contribution in [3.8, 4) is 0 Å². The van der Waals surface area contributed by atoms with Gasteiger partial charge in [-0.3, -0.25) is 14.4 Å². The summed E-state index contributed by atoms with van der Waals surface area (Å²) in [6.45, 7) is 6.51. The molecule has 6 nitrogen and oxygen atoms in total. The third kappa shape index (κ3) is 69.0. The molecule has 1 atom stereocenters. The highest BCUT2D eigenvalue weighted by atomic mass is 16.6. The molecule has 6 heteroatoms. The van der Waals surface area contributed by atoms with E-state index in [0.29, 0.717) is 19.3 Å². The maximum atomic E-state index is 13.0. The van der Waals surface area contributed by atoms with Crippen molar-refractivity contribution < 1.29 is 28.6 Å². The van der Waals surface area contributed by atoms with Gasteiger partial charge in [0.2, 0.25) is 0 Å². The molecule has 0 aliphatic rings. The van der Waals surface area contributed by atoms with Crippen molar-refractivity contribution in [2.45, 2.75) is 361 Å². The molecule has 478 valence electrons. The lowest BCUT2D eigenvalue weighted by Crippen LogP contribution is -2.30. The molecule has 83 heavy (non-hydrogen) atoms. The fourth-order valence-electron chi connectivity index (χ4n) is 10.2. The third-order valence-electron chi connectivity index (χ3n) is 15.6. The summed E-state index contributed by atoms with van der Waals surface area (Å²) in [6.07, 6.45) is 95.8. The van der Waals surface area contributed by atoms with Gasteiger partial charge in [-0.1, -0.05) is 336 Å². The lowest BCUT2D eigenvalue weighted by molar-refractivity contribution is -0.167. The van der Waals surface area contributed by atoms with E-state index >= 15 is 0 Å². The molecule has 0 aliphatic carbocycles. The van der Waals surface area contributed by atoms with Gasteiger partial charge in [-0.15, -0.1) is 0 Å².